The number of sulfonamides is 1. The average molecular weight is 538 g/mol. The fourth-order valence-corrected chi connectivity index (χ4v) is 4.92. The molecule has 164 valence electrons. The van der Waals surface area contributed by atoms with Crippen LogP contribution >= 0.6 is 27.5 Å². The second kappa shape index (κ2) is 8.24. The topological polar surface area (TPSA) is 93.9 Å². The summed E-state index contributed by atoms with van der Waals surface area (Å²) in [5.41, 5.74) is -0.0217. The van der Waals surface area contributed by atoms with Crippen LogP contribution in [0, 0.1) is 13.8 Å². The molecule has 0 aliphatic carbocycles. The number of halogens is 5. The summed E-state index contributed by atoms with van der Waals surface area (Å²) in [4.78, 5) is 11.8. The molecule has 0 spiro atoms. The lowest BCUT2D eigenvalue weighted by Crippen LogP contribution is -2.32. The molecule has 0 aliphatic heterocycles. The fourth-order valence-electron chi connectivity index (χ4n) is 2.66. The average Bonchev–Trinajstić information content (AvgIpc) is 3.02. The first-order valence-electron chi connectivity index (χ1n) is 8.44. The van der Waals surface area contributed by atoms with Crippen molar-refractivity contribution < 1.29 is 26.4 Å². The Morgan fingerprint density at radius 1 is 1.16 bits per heavy atom. The first kappa shape index (κ1) is 23.2. The number of carbonyl (C=O) groups excluding carboxylic acids is 1. The Morgan fingerprint density at radius 3 is 2.45 bits per heavy atom. The van der Waals surface area contributed by atoms with Crippen molar-refractivity contribution >= 4 is 43.5 Å². The van der Waals surface area contributed by atoms with Crippen molar-refractivity contribution in [2.24, 2.45) is 0 Å². The molecule has 31 heavy (non-hydrogen) atoms. The summed E-state index contributed by atoms with van der Waals surface area (Å²) in [5.74, 6) is -1.16. The molecule has 0 saturated carbocycles. The molecular formula is C18H13BrClF3N4O3S. The van der Waals surface area contributed by atoms with Crippen LogP contribution in [0.1, 0.15) is 27.3 Å². The number of carbonyl (C=O) groups is 1. The van der Waals surface area contributed by atoms with Crippen LogP contribution in [0.25, 0.3) is 5.69 Å². The number of benzene rings is 2. The molecular weight excluding hydrogens is 525 g/mol. The highest BCUT2D eigenvalue weighted by Crippen LogP contribution is 2.33. The number of nitrogens with one attached hydrogen (secondary N) is 1. The zero-order valence-corrected chi connectivity index (χ0v) is 19.0. The van der Waals surface area contributed by atoms with Crippen molar-refractivity contribution in [2.45, 2.75) is 24.9 Å². The van der Waals surface area contributed by atoms with Crippen LogP contribution in [-0.4, -0.2) is 29.3 Å². The zero-order valence-electron chi connectivity index (χ0n) is 15.8. The maximum Gasteiger partial charge on any atom is 0.416 e. The Kier molecular flexibility index (Phi) is 6.18. The minimum atomic E-state index is -4.76. The summed E-state index contributed by atoms with van der Waals surface area (Å²) < 4.78 is 66.9. The van der Waals surface area contributed by atoms with Crippen LogP contribution in [0.3, 0.4) is 0 Å². The van der Waals surface area contributed by atoms with Crippen LogP contribution in [0.4, 0.5) is 13.2 Å². The summed E-state index contributed by atoms with van der Waals surface area (Å²) in [6.45, 7) is 3.30. The highest BCUT2D eigenvalue weighted by Gasteiger charge is 2.33. The summed E-state index contributed by atoms with van der Waals surface area (Å²) >= 11 is 9.10. The normalized spacial score (nSPS) is 12.1. The van der Waals surface area contributed by atoms with Gasteiger partial charge in [0.25, 0.3) is 15.9 Å². The van der Waals surface area contributed by atoms with Gasteiger partial charge in [-0.3, -0.25) is 4.79 Å². The lowest BCUT2D eigenvalue weighted by Gasteiger charge is -2.12. The van der Waals surface area contributed by atoms with E-state index in [1.54, 1.807) is 22.9 Å². The van der Waals surface area contributed by atoms with Gasteiger partial charge in [-0.1, -0.05) is 22.9 Å². The van der Waals surface area contributed by atoms with Gasteiger partial charge in [-0.05, 0) is 65.7 Å². The predicted molar refractivity (Wildman–Crippen MR) is 110 cm³/mol. The van der Waals surface area contributed by atoms with Gasteiger partial charge in [0, 0.05) is 4.47 Å². The third-order valence-corrected chi connectivity index (χ3v) is 6.84. The summed E-state index contributed by atoms with van der Waals surface area (Å²) in [6.07, 6.45) is -4.76. The predicted octanol–water partition coefficient (Wildman–Crippen LogP) is 4.44. The van der Waals surface area contributed by atoms with E-state index < -0.39 is 32.6 Å². The minimum Gasteiger partial charge on any atom is -0.266 e. The number of hydrogen-bond donors (Lipinski definition) is 1. The Bertz CT molecular complexity index is 1290. The van der Waals surface area contributed by atoms with Gasteiger partial charge < -0.3 is 0 Å². The molecule has 1 heterocycles. The Morgan fingerprint density at radius 2 is 1.84 bits per heavy atom. The third-order valence-electron chi connectivity index (χ3n) is 4.22. The van der Waals surface area contributed by atoms with Gasteiger partial charge in [0.2, 0.25) is 0 Å². The number of alkyl halides is 3. The largest absolute Gasteiger partial charge is 0.416 e. The zero-order chi connectivity index (χ0) is 23.1. The van der Waals surface area contributed by atoms with Gasteiger partial charge in [-0.25, -0.2) is 17.8 Å². The molecule has 0 bridgehead atoms. The first-order valence-corrected chi connectivity index (χ1v) is 11.1. The maximum absolute atomic E-state index is 13.0. The molecule has 0 atom stereocenters. The molecule has 0 fully saturated rings. The van der Waals surface area contributed by atoms with E-state index in [2.05, 4.69) is 26.2 Å². The molecule has 0 aliphatic rings. The van der Waals surface area contributed by atoms with Crippen molar-refractivity contribution in [3.05, 3.63) is 68.4 Å². The first-order chi connectivity index (χ1) is 14.3. The molecule has 2 aromatic carbocycles. The number of hydrogen-bond acceptors (Lipinski definition) is 5. The van der Waals surface area contributed by atoms with E-state index in [1.165, 1.54) is 11.6 Å². The molecule has 1 aromatic heterocycles. The van der Waals surface area contributed by atoms with E-state index in [9.17, 15) is 26.4 Å². The maximum atomic E-state index is 13.0. The second-order valence-electron chi connectivity index (χ2n) is 6.47. The van der Waals surface area contributed by atoms with Crippen molar-refractivity contribution in [3.8, 4) is 5.69 Å². The Balaban J connectivity index is 1.94. The van der Waals surface area contributed by atoms with E-state index in [1.807, 2.05) is 6.92 Å². The molecule has 7 nitrogen and oxygen atoms in total. The highest BCUT2D eigenvalue weighted by molar-refractivity contribution is 9.10. The van der Waals surface area contributed by atoms with Gasteiger partial charge in [0.15, 0.2) is 5.69 Å². The Labute approximate surface area is 188 Å². The molecule has 13 heteroatoms. The lowest BCUT2D eigenvalue weighted by molar-refractivity contribution is -0.137. The third kappa shape index (κ3) is 4.75. The van der Waals surface area contributed by atoms with Gasteiger partial charge in [0.05, 0.1) is 22.0 Å². The molecule has 3 rings (SSSR count). The monoisotopic (exact) mass is 536 g/mol. The van der Waals surface area contributed by atoms with Crippen molar-refractivity contribution in [3.63, 3.8) is 0 Å². The van der Waals surface area contributed by atoms with Gasteiger partial charge >= 0.3 is 6.18 Å². The SMILES string of the molecule is Cc1ccc(-n2nnc(C(=O)NS(=O)(=O)c3cc(C(F)(F)F)ccc3Br)c2C)c(Cl)c1. The summed E-state index contributed by atoms with van der Waals surface area (Å²) in [7, 11) is -4.66. The Hall–Kier alpha value is -2.44. The number of aromatic nitrogens is 3. The van der Waals surface area contributed by atoms with E-state index in [4.69, 9.17) is 11.6 Å². The smallest absolute Gasteiger partial charge is 0.266 e. The van der Waals surface area contributed by atoms with E-state index >= 15 is 0 Å². The molecule has 0 unspecified atom stereocenters. The van der Waals surface area contributed by atoms with Crippen molar-refractivity contribution in [1.82, 2.24) is 19.7 Å². The van der Waals surface area contributed by atoms with Crippen LogP contribution in [0.5, 0.6) is 0 Å². The fraction of sp³-hybridized carbons (Fsp3) is 0.167. The molecule has 0 saturated heterocycles. The van der Waals surface area contributed by atoms with Crippen LogP contribution < -0.4 is 4.72 Å². The minimum absolute atomic E-state index is 0.146. The second-order valence-corrected chi connectivity index (χ2v) is 9.38. The standard InChI is InChI=1S/C18H13BrClF3N4O3S/c1-9-3-6-14(13(20)7-9)27-10(2)16(24-26-27)17(28)25-31(29,30)15-8-11(18(21,22)23)4-5-12(15)19/h3-8H,1-2H3,(H,25,28). The molecule has 1 N–H and O–H groups in total. The lowest BCUT2D eigenvalue weighted by atomic mass is 10.2. The number of rotatable bonds is 4. The number of amides is 1. The highest BCUT2D eigenvalue weighted by atomic mass is 79.9. The summed E-state index contributed by atoms with van der Waals surface area (Å²) in [6, 6.07) is 7.16. The van der Waals surface area contributed by atoms with Crippen molar-refractivity contribution in [2.75, 3.05) is 0 Å². The van der Waals surface area contributed by atoms with E-state index in [0.717, 1.165) is 11.6 Å². The molecule has 1 amide bonds. The van der Waals surface area contributed by atoms with E-state index in [-0.39, 0.29) is 15.9 Å². The van der Waals surface area contributed by atoms with Crippen LogP contribution in [0.2, 0.25) is 5.02 Å². The van der Waals surface area contributed by atoms with E-state index in [0.29, 0.717) is 22.8 Å². The molecule has 3 aromatic rings. The van der Waals surface area contributed by atoms with Crippen molar-refractivity contribution in [1.29, 1.82) is 0 Å². The number of aryl methyl sites for hydroxylation is 1. The summed E-state index contributed by atoms with van der Waals surface area (Å²) in [5, 5.41) is 7.87. The van der Waals surface area contributed by atoms with Crippen LogP contribution in [0.15, 0.2) is 45.8 Å². The quantitative estimate of drug-likeness (QED) is 0.531. The van der Waals surface area contributed by atoms with Gasteiger partial charge in [0.1, 0.15) is 4.90 Å². The van der Waals surface area contributed by atoms with Gasteiger partial charge in [-0.15, -0.1) is 5.10 Å². The van der Waals surface area contributed by atoms with Crippen LogP contribution in [-0.2, 0) is 16.2 Å². The molecule has 0 radical (unpaired) electrons. The van der Waals surface area contributed by atoms with Gasteiger partial charge in [-0.2, -0.15) is 13.2 Å². The number of nitrogens with zero attached hydrogens (tertiary/aromatic N) is 3.